The molecule has 0 aromatic heterocycles. The van der Waals surface area contributed by atoms with Gasteiger partial charge in [0.25, 0.3) is 15.9 Å². The van der Waals surface area contributed by atoms with E-state index in [1.807, 2.05) is 20.8 Å². The lowest BCUT2D eigenvalue weighted by molar-refractivity contribution is -0.336. The molecule has 3 aliphatic rings. The minimum Gasteiger partial charge on any atom is -0.346 e. The highest BCUT2D eigenvalue weighted by Gasteiger charge is 2.79. The highest BCUT2D eigenvalue weighted by atomic mass is 32.2. The number of sulfonamides is 1. The summed E-state index contributed by atoms with van der Waals surface area (Å²) in [6.07, 6.45) is -4.95. The number of halogens is 4. The molecule has 5 nitrogen and oxygen atoms in total. The third-order valence-corrected chi connectivity index (χ3v) is 7.89. The third kappa shape index (κ3) is 4.09. The summed E-state index contributed by atoms with van der Waals surface area (Å²) in [5.41, 5.74) is -2.42. The lowest BCUT2D eigenvalue weighted by atomic mass is 9.39. The lowest BCUT2D eigenvalue weighted by Crippen LogP contribution is -2.78. The van der Waals surface area contributed by atoms with Crippen LogP contribution in [0.15, 0.2) is 47.4 Å². The largest absolute Gasteiger partial charge is 0.394 e. The van der Waals surface area contributed by atoms with Gasteiger partial charge < -0.3 is 5.32 Å². The molecule has 0 spiro atoms. The average molecular weight is 485 g/mol. The number of rotatable bonds is 5. The molecule has 0 atom stereocenters. The number of amides is 1. The second kappa shape index (κ2) is 7.19. The molecule has 3 fully saturated rings. The first-order valence-corrected chi connectivity index (χ1v) is 11.9. The van der Waals surface area contributed by atoms with E-state index in [1.165, 1.54) is 12.1 Å². The summed E-state index contributed by atoms with van der Waals surface area (Å²) in [6.45, 7) is 5.94. The van der Waals surface area contributed by atoms with Crippen LogP contribution in [0.3, 0.4) is 0 Å². The summed E-state index contributed by atoms with van der Waals surface area (Å²) in [4.78, 5) is 12.7. The Morgan fingerprint density at radius 2 is 1.55 bits per heavy atom. The van der Waals surface area contributed by atoms with Crippen molar-refractivity contribution in [3.8, 4) is 0 Å². The number of benzene rings is 2. The maximum absolute atomic E-state index is 13.9. The normalized spacial score (nSPS) is 24.5. The fraction of sp³-hybridized carbons (Fsp3) is 0.435. The van der Waals surface area contributed by atoms with E-state index in [2.05, 4.69) is 10.0 Å². The molecule has 0 aliphatic heterocycles. The van der Waals surface area contributed by atoms with Crippen LogP contribution < -0.4 is 10.0 Å². The summed E-state index contributed by atoms with van der Waals surface area (Å²) < 4.78 is 81.1. The van der Waals surface area contributed by atoms with Gasteiger partial charge in [-0.25, -0.2) is 12.8 Å². The molecule has 2 N–H and O–H groups in total. The monoisotopic (exact) mass is 484 g/mol. The molecular formula is C23H24F4N2O3S. The Labute approximate surface area is 189 Å². The zero-order chi connectivity index (χ0) is 24.4. The second-order valence-electron chi connectivity index (χ2n) is 10.1. The first kappa shape index (κ1) is 23.5. The highest BCUT2D eigenvalue weighted by Crippen LogP contribution is 2.73. The van der Waals surface area contributed by atoms with Gasteiger partial charge in [-0.3, -0.25) is 9.52 Å². The van der Waals surface area contributed by atoms with E-state index in [0.29, 0.717) is 0 Å². The van der Waals surface area contributed by atoms with Gasteiger partial charge in [-0.1, -0.05) is 32.9 Å². The SMILES string of the molecule is CC(C)(C)c1ccc(S(=O)(=O)Nc2cc(F)ccc2C(=O)NC23CC(C(F)(F)F)(C2)C3)cc1. The van der Waals surface area contributed by atoms with Gasteiger partial charge in [-0.2, -0.15) is 13.2 Å². The van der Waals surface area contributed by atoms with E-state index < -0.39 is 38.9 Å². The standard InChI is InChI=1S/C23H24F4N2O3S/c1-20(2,3)14-4-7-16(8-5-14)33(31,32)29-18-10-15(24)6-9-17(18)19(30)28-22-11-21(12-22,13-22)23(25,26)27/h4-10,29H,11-13H2,1-3H3,(H,28,30). The summed E-state index contributed by atoms with van der Waals surface area (Å²) >= 11 is 0. The molecule has 10 heteroatoms. The van der Waals surface area contributed by atoms with Gasteiger partial charge in [0, 0.05) is 5.54 Å². The van der Waals surface area contributed by atoms with Crippen LogP contribution in [0.25, 0.3) is 0 Å². The van der Waals surface area contributed by atoms with Crippen LogP contribution in [0.4, 0.5) is 23.2 Å². The number of hydrogen-bond donors (Lipinski definition) is 2. The molecule has 2 aromatic rings. The van der Waals surface area contributed by atoms with Gasteiger partial charge >= 0.3 is 6.18 Å². The molecule has 2 bridgehead atoms. The Morgan fingerprint density at radius 3 is 2.06 bits per heavy atom. The smallest absolute Gasteiger partial charge is 0.346 e. The molecule has 5 rings (SSSR count). The van der Waals surface area contributed by atoms with Crippen LogP contribution in [0.1, 0.15) is 56.0 Å². The molecule has 33 heavy (non-hydrogen) atoms. The highest BCUT2D eigenvalue weighted by molar-refractivity contribution is 7.92. The van der Waals surface area contributed by atoms with Crippen LogP contribution in [-0.2, 0) is 15.4 Å². The fourth-order valence-corrected chi connectivity index (χ4v) is 5.74. The zero-order valence-corrected chi connectivity index (χ0v) is 19.1. The first-order valence-electron chi connectivity index (χ1n) is 10.4. The van der Waals surface area contributed by atoms with Gasteiger partial charge in [0.2, 0.25) is 0 Å². The van der Waals surface area contributed by atoms with Crippen molar-refractivity contribution in [1.82, 2.24) is 5.32 Å². The molecule has 1 amide bonds. The van der Waals surface area contributed by atoms with Crippen molar-refractivity contribution in [2.24, 2.45) is 5.41 Å². The minimum atomic E-state index is -4.32. The Kier molecular flexibility index (Phi) is 5.13. The van der Waals surface area contributed by atoms with Gasteiger partial charge in [-0.05, 0) is 60.6 Å². The van der Waals surface area contributed by atoms with Crippen LogP contribution >= 0.6 is 0 Å². The number of carbonyl (C=O) groups is 1. The molecule has 0 heterocycles. The predicted octanol–water partition coefficient (Wildman–Crippen LogP) is 5.14. The van der Waals surface area contributed by atoms with Gasteiger partial charge in [0.15, 0.2) is 0 Å². The van der Waals surface area contributed by atoms with Crippen molar-refractivity contribution in [2.45, 2.75) is 62.1 Å². The number of carbonyl (C=O) groups excluding carboxylic acids is 1. The Balaban J connectivity index is 1.54. The molecule has 0 radical (unpaired) electrons. The predicted molar refractivity (Wildman–Crippen MR) is 115 cm³/mol. The molecule has 0 unspecified atom stereocenters. The Morgan fingerprint density at radius 1 is 0.970 bits per heavy atom. The average Bonchev–Trinajstić information content (AvgIpc) is 2.61. The number of nitrogens with one attached hydrogen (secondary N) is 2. The minimum absolute atomic E-state index is 0.0716. The van der Waals surface area contributed by atoms with Gasteiger partial charge in [0.1, 0.15) is 5.82 Å². The number of alkyl halides is 3. The first-order chi connectivity index (χ1) is 15.1. The maximum Gasteiger partial charge on any atom is 0.394 e. The summed E-state index contributed by atoms with van der Waals surface area (Å²) in [5, 5.41) is 2.59. The van der Waals surface area contributed by atoms with Crippen molar-refractivity contribution in [1.29, 1.82) is 0 Å². The summed E-state index contributed by atoms with van der Waals surface area (Å²) in [6, 6.07) is 9.15. The van der Waals surface area contributed by atoms with Crippen molar-refractivity contribution in [3.63, 3.8) is 0 Å². The molecule has 3 saturated carbocycles. The van der Waals surface area contributed by atoms with Crippen molar-refractivity contribution >= 4 is 21.6 Å². The molecule has 3 aliphatic carbocycles. The summed E-state index contributed by atoms with van der Waals surface area (Å²) in [5.74, 6) is -1.53. The molecular weight excluding hydrogens is 460 g/mol. The molecule has 178 valence electrons. The van der Waals surface area contributed by atoms with Crippen molar-refractivity contribution in [3.05, 3.63) is 59.4 Å². The van der Waals surface area contributed by atoms with Crippen LogP contribution in [0, 0.1) is 11.2 Å². The molecule has 2 aromatic carbocycles. The van der Waals surface area contributed by atoms with E-state index in [9.17, 15) is 30.8 Å². The second-order valence-corrected chi connectivity index (χ2v) is 11.8. The van der Waals surface area contributed by atoms with E-state index in [0.717, 1.165) is 23.8 Å². The van der Waals surface area contributed by atoms with Gasteiger partial charge in [0.05, 0.1) is 21.6 Å². The van der Waals surface area contributed by atoms with E-state index in [4.69, 9.17) is 0 Å². The Bertz CT molecular complexity index is 1200. The van der Waals surface area contributed by atoms with Crippen molar-refractivity contribution < 1.29 is 30.8 Å². The third-order valence-electron chi connectivity index (χ3n) is 6.51. The lowest BCUT2D eigenvalue weighted by Gasteiger charge is -2.70. The van der Waals surface area contributed by atoms with E-state index in [-0.39, 0.29) is 40.8 Å². The quantitative estimate of drug-likeness (QED) is 0.577. The van der Waals surface area contributed by atoms with E-state index in [1.54, 1.807) is 12.1 Å². The van der Waals surface area contributed by atoms with E-state index >= 15 is 0 Å². The Hall–Kier alpha value is -2.62. The van der Waals surface area contributed by atoms with Crippen LogP contribution in [0.5, 0.6) is 0 Å². The topological polar surface area (TPSA) is 75.3 Å². The van der Waals surface area contributed by atoms with Crippen LogP contribution in [0.2, 0.25) is 0 Å². The maximum atomic E-state index is 13.9. The van der Waals surface area contributed by atoms with Crippen molar-refractivity contribution in [2.75, 3.05) is 4.72 Å². The fourth-order valence-electron chi connectivity index (χ4n) is 4.67. The summed E-state index contributed by atoms with van der Waals surface area (Å²) in [7, 11) is -4.15. The number of anilines is 1. The van der Waals surface area contributed by atoms with Crippen LogP contribution in [-0.4, -0.2) is 26.0 Å². The zero-order valence-electron chi connectivity index (χ0n) is 18.3. The van der Waals surface area contributed by atoms with Gasteiger partial charge in [-0.15, -0.1) is 0 Å². The molecule has 0 saturated heterocycles. The number of hydrogen-bond acceptors (Lipinski definition) is 3.